The van der Waals surface area contributed by atoms with Crippen molar-refractivity contribution < 1.29 is 24.2 Å². The van der Waals surface area contributed by atoms with E-state index in [9.17, 15) is 14.7 Å². The topological polar surface area (TPSA) is 72.8 Å². The summed E-state index contributed by atoms with van der Waals surface area (Å²) in [7, 11) is 0. The average molecular weight is 595 g/mol. The minimum absolute atomic E-state index is 0.0647. The van der Waals surface area contributed by atoms with E-state index in [0.29, 0.717) is 12.8 Å². The molecule has 0 amide bonds. The molecule has 0 aliphatic heterocycles. The number of carbonyl (C=O) groups is 2. The quantitative estimate of drug-likeness (QED) is 0.0465. The Kier molecular flexibility index (Phi) is 33.0. The normalized spacial score (nSPS) is 12.2. The number of esters is 2. The number of aliphatic hydroxyl groups is 1. The van der Waals surface area contributed by atoms with Crippen molar-refractivity contribution in [2.75, 3.05) is 13.2 Å². The molecule has 0 spiro atoms. The third kappa shape index (κ3) is 31.6. The summed E-state index contributed by atoms with van der Waals surface area (Å²) in [6, 6.07) is 0. The summed E-state index contributed by atoms with van der Waals surface area (Å²) in [5, 5.41) is 9.52. The molecule has 1 N–H and O–H groups in total. The third-order valence-corrected chi connectivity index (χ3v) is 8.06. The van der Waals surface area contributed by atoms with Gasteiger partial charge in [-0.25, -0.2) is 0 Å². The monoisotopic (exact) mass is 595 g/mol. The predicted molar refractivity (Wildman–Crippen MR) is 178 cm³/mol. The highest BCUT2D eigenvalue weighted by molar-refractivity contribution is 5.70. The molecule has 1 atom stereocenters. The summed E-state index contributed by atoms with van der Waals surface area (Å²) in [5.41, 5.74) is 0. The van der Waals surface area contributed by atoms with E-state index in [4.69, 9.17) is 9.47 Å². The smallest absolute Gasteiger partial charge is 0.306 e. The number of hydrogen-bond acceptors (Lipinski definition) is 5. The first-order chi connectivity index (χ1) is 20.6. The zero-order valence-corrected chi connectivity index (χ0v) is 28.0. The van der Waals surface area contributed by atoms with Crippen molar-refractivity contribution in [3.05, 3.63) is 12.2 Å². The van der Waals surface area contributed by atoms with Gasteiger partial charge in [0.2, 0.25) is 0 Å². The average Bonchev–Trinajstić information content (AvgIpc) is 2.99. The van der Waals surface area contributed by atoms with Crippen LogP contribution in [0.3, 0.4) is 0 Å². The van der Waals surface area contributed by atoms with Crippen molar-refractivity contribution in [2.45, 2.75) is 200 Å². The lowest BCUT2D eigenvalue weighted by Gasteiger charge is -2.15. The molecule has 0 radical (unpaired) electrons. The first-order valence-electron chi connectivity index (χ1n) is 18.2. The van der Waals surface area contributed by atoms with Crippen LogP contribution < -0.4 is 0 Å². The Balaban J connectivity index is 3.55. The molecule has 0 aromatic heterocycles. The van der Waals surface area contributed by atoms with E-state index < -0.39 is 6.10 Å². The Morgan fingerprint density at radius 1 is 0.524 bits per heavy atom. The molecular weight excluding hydrogens is 524 g/mol. The second-order valence-electron chi connectivity index (χ2n) is 12.3. The summed E-state index contributed by atoms with van der Waals surface area (Å²) < 4.78 is 10.6. The molecule has 5 nitrogen and oxygen atoms in total. The van der Waals surface area contributed by atoms with Gasteiger partial charge in [0.25, 0.3) is 0 Å². The first kappa shape index (κ1) is 40.6. The maximum atomic E-state index is 12.1. The highest BCUT2D eigenvalue weighted by atomic mass is 16.6. The van der Waals surface area contributed by atoms with Gasteiger partial charge in [-0.1, -0.05) is 154 Å². The van der Waals surface area contributed by atoms with Crippen molar-refractivity contribution >= 4 is 11.9 Å². The Bertz CT molecular complexity index is 603. The summed E-state index contributed by atoms with van der Waals surface area (Å²) in [4.78, 5) is 24.1. The van der Waals surface area contributed by atoms with Crippen LogP contribution in [0.15, 0.2) is 12.2 Å². The van der Waals surface area contributed by atoms with Crippen LogP contribution in [-0.2, 0) is 19.1 Å². The van der Waals surface area contributed by atoms with Gasteiger partial charge in [-0.15, -0.1) is 0 Å². The molecular formula is C37H70O5. The number of aliphatic hydroxyl groups excluding tert-OH is 1. The second kappa shape index (κ2) is 34.1. The lowest BCUT2D eigenvalue weighted by atomic mass is 10.0. The molecule has 248 valence electrons. The maximum Gasteiger partial charge on any atom is 0.306 e. The van der Waals surface area contributed by atoms with Crippen molar-refractivity contribution in [2.24, 2.45) is 0 Å². The summed E-state index contributed by atoms with van der Waals surface area (Å²) >= 11 is 0. The Hall–Kier alpha value is -1.36. The summed E-state index contributed by atoms with van der Waals surface area (Å²) in [6.45, 7) is 4.13. The maximum absolute atomic E-state index is 12.1. The fraction of sp³-hybridized carbons (Fsp3) is 0.892. The Morgan fingerprint density at radius 3 is 1.29 bits per heavy atom. The zero-order valence-electron chi connectivity index (χ0n) is 28.0. The molecule has 0 aliphatic rings. The lowest BCUT2D eigenvalue weighted by Crippen LogP contribution is -2.28. The molecule has 0 aromatic carbocycles. The molecule has 5 heteroatoms. The number of carbonyl (C=O) groups excluding carboxylic acids is 2. The minimum Gasteiger partial charge on any atom is -0.462 e. The van der Waals surface area contributed by atoms with Crippen LogP contribution >= 0.6 is 0 Å². The molecule has 0 bridgehead atoms. The molecule has 0 aromatic rings. The van der Waals surface area contributed by atoms with Gasteiger partial charge in [0, 0.05) is 12.8 Å². The molecule has 0 unspecified atom stereocenters. The summed E-state index contributed by atoms with van der Waals surface area (Å²) in [5.74, 6) is -0.593. The van der Waals surface area contributed by atoms with E-state index in [-0.39, 0.29) is 25.2 Å². The zero-order chi connectivity index (χ0) is 30.8. The van der Waals surface area contributed by atoms with Crippen LogP contribution in [0.4, 0.5) is 0 Å². The van der Waals surface area contributed by atoms with Gasteiger partial charge in [0.15, 0.2) is 6.10 Å². The van der Waals surface area contributed by atoms with Gasteiger partial charge in [-0.05, 0) is 38.5 Å². The highest BCUT2D eigenvalue weighted by Gasteiger charge is 2.16. The number of ether oxygens (including phenoxy) is 2. The highest BCUT2D eigenvalue weighted by Crippen LogP contribution is 2.14. The third-order valence-electron chi connectivity index (χ3n) is 8.06. The number of hydrogen-bond donors (Lipinski definition) is 1. The standard InChI is InChI=1S/C37H70O5/c1-3-5-7-9-11-13-15-17-18-20-21-23-25-27-29-31-36(39)41-34-35(33-38)42-37(40)32-30-28-26-24-22-19-16-14-12-10-8-6-4-2/h17-18,35,38H,3-16,19-34H2,1-2H3/b18-17+/t35-/m0/s1. The molecule has 0 fully saturated rings. The van der Waals surface area contributed by atoms with Crippen LogP contribution in [0.5, 0.6) is 0 Å². The van der Waals surface area contributed by atoms with Crippen LogP contribution in [0.1, 0.15) is 194 Å². The minimum atomic E-state index is -0.766. The fourth-order valence-corrected chi connectivity index (χ4v) is 5.25. The van der Waals surface area contributed by atoms with Gasteiger partial charge in [-0.3, -0.25) is 9.59 Å². The molecule has 0 saturated heterocycles. The number of unbranched alkanes of at least 4 members (excludes halogenated alkanes) is 23. The van der Waals surface area contributed by atoms with Gasteiger partial charge in [0.1, 0.15) is 6.61 Å². The Morgan fingerprint density at radius 2 is 0.881 bits per heavy atom. The van der Waals surface area contributed by atoms with Gasteiger partial charge < -0.3 is 14.6 Å². The van der Waals surface area contributed by atoms with E-state index in [1.54, 1.807) is 0 Å². The predicted octanol–water partition coefficient (Wildman–Crippen LogP) is 11.0. The van der Waals surface area contributed by atoms with E-state index in [2.05, 4.69) is 26.0 Å². The first-order valence-corrected chi connectivity index (χ1v) is 18.2. The van der Waals surface area contributed by atoms with Crippen molar-refractivity contribution in [3.63, 3.8) is 0 Å². The van der Waals surface area contributed by atoms with Gasteiger partial charge in [0.05, 0.1) is 6.61 Å². The summed E-state index contributed by atoms with van der Waals surface area (Å²) in [6.07, 6.45) is 36.9. The lowest BCUT2D eigenvalue weighted by molar-refractivity contribution is -0.161. The van der Waals surface area contributed by atoms with E-state index >= 15 is 0 Å². The van der Waals surface area contributed by atoms with E-state index in [1.165, 1.54) is 122 Å². The van der Waals surface area contributed by atoms with Crippen LogP contribution in [0, 0.1) is 0 Å². The van der Waals surface area contributed by atoms with Crippen molar-refractivity contribution in [1.29, 1.82) is 0 Å². The van der Waals surface area contributed by atoms with E-state index in [0.717, 1.165) is 44.9 Å². The van der Waals surface area contributed by atoms with Crippen LogP contribution in [0.25, 0.3) is 0 Å². The molecule has 0 aliphatic carbocycles. The molecule has 0 rings (SSSR count). The van der Waals surface area contributed by atoms with Crippen molar-refractivity contribution in [1.82, 2.24) is 0 Å². The van der Waals surface area contributed by atoms with Gasteiger partial charge >= 0.3 is 11.9 Å². The number of rotatable bonds is 33. The largest absolute Gasteiger partial charge is 0.462 e. The van der Waals surface area contributed by atoms with Crippen molar-refractivity contribution in [3.8, 4) is 0 Å². The second-order valence-corrected chi connectivity index (χ2v) is 12.3. The van der Waals surface area contributed by atoms with Gasteiger partial charge in [-0.2, -0.15) is 0 Å². The van der Waals surface area contributed by atoms with E-state index in [1.807, 2.05) is 0 Å². The molecule has 0 heterocycles. The van der Waals surface area contributed by atoms with Crippen LogP contribution in [-0.4, -0.2) is 36.4 Å². The SMILES string of the molecule is CCCCCCCC/C=C/CCCCCCCC(=O)OC[C@H](CO)OC(=O)CCCCCCCCCCCCCCC. The Labute approximate surface area is 261 Å². The molecule has 0 saturated carbocycles. The van der Waals surface area contributed by atoms with Crippen LogP contribution in [0.2, 0.25) is 0 Å². The number of allylic oxidation sites excluding steroid dienone is 2. The molecule has 42 heavy (non-hydrogen) atoms. The fourth-order valence-electron chi connectivity index (χ4n) is 5.25.